The number of aliphatic hydroxyl groups is 1. The molecular weight excluding hydrogens is 410 g/mol. The van der Waals surface area contributed by atoms with Gasteiger partial charge < -0.3 is 14.7 Å². The summed E-state index contributed by atoms with van der Waals surface area (Å²) in [4.78, 5) is 34.2. The Labute approximate surface area is 187 Å². The van der Waals surface area contributed by atoms with Crippen LogP contribution in [0.25, 0.3) is 5.76 Å². The number of carbonyl (C=O) groups excluding carboxylic acids is 2. The van der Waals surface area contributed by atoms with Gasteiger partial charge in [-0.1, -0.05) is 6.07 Å². The second-order valence-corrected chi connectivity index (χ2v) is 8.26. The van der Waals surface area contributed by atoms with Gasteiger partial charge in [0.25, 0.3) is 11.7 Å². The Morgan fingerprint density at radius 1 is 1.22 bits per heavy atom. The maximum absolute atomic E-state index is 13.1. The molecule has 2 aromatic rings. The molecule has 2 aliphatic rings. The molecular formula is C23H29N5O4. The highest BCUT2D eigenvalue weighted by molar-refractivity contribution is 6.46. The summed E-state index contributed by atoms with van der Waals surface area (Å²) in [5.41, 5.74) is 2.61. The fourth-order valence-electron chi connectivity index (χ4n) is 4.54. The minimum atomic E-state index is -0.688. The first-order valence-electron chi connectivity index (χ1n) is 10.9. The minimum absolute atomic E-state index is 0.0913. The molecule has 0 aliphatic carbocycles. The van der Waals surface area contributed by atoms with E-state index in [-0.39, 0.29) is 11.3 Å². The lowest BCUT2D eigenvalue weighted by Gasteiger charge is -2.29. The standard InChI is InChI=1S/C23H29N5O4/c1-15-18(16(2)26(3)25-15)21(29)19-20(17-6-4-7-24-14-17)28(23(31)22(19)30)9-5-8-27-10-12-32-13-11-27/h4,6-7,14,20,29H,5,8-13H2,1-3H3. The van der Waals surface area contributed by atoms with E-state index in [0.29, 0.717) is 36.6 Å². The van der Waals surface area contributed by atoms with E-state index in [9.17, 15) is 14.7 Å². The molecule has 4 rings (SSSR count). The van der Waals surface area contributed by atoms with E-state index in [2.05, 4.69) is 15.0 Å². The van der Waals surface area contributed by atoms with Crippen LogP contribution in [0, 0.1) is 13.8 Å². The molecule has 2 aromatic heterocycles. The second kappa shape index (κ2) is 9.22. The van der Waals surface area contributed by atoms with Gasteiger partial charge in [-0.05, 0) is 31.9 Å². The lowest BCUT2D eigenvalue weighted by atomic mass is 9.95. The number of amides is 1. The third kappa shape index (κ3) is 4.05. The van der Waals surface area contributed by atoms with Crippen molar-refractivity contribution in [3.8, 4) is 0 Å². The Balaban J connectivity index is 1.69. The van der Waals surface area contributed by atoms with Gasteiger partial charge in [0, 0.05) is 51.3 Å². The molecule has 9 heteroatoms. The van der Waals surface area contributed by atoms with Crippen molar-refractivity contribution in [2.24, 2.45) is 7.05 Å². The van der Waals surface area contributed by atoms with Crippen LogP contribution in [-0.2, 0) is 21.4 Å². The van der Waals surface area contributed by atoms with Gasteiger partial charge in [-0.3, -0.25) is 24.2 Å². The topological polar surface area (TPSA) is 101 Å². The molecule has 0 aromatic carbocycles. The summed E-state index contributed by atoms with van der Waals surface area (Å²) in [6.07, 6.45) is 4.00. The summed E-state index contributed by atoms with van der Waals surface area (Å²) in [6, 6.07) is 2.91. The lowest BCUT2D eigenvalue weighted by Crippen LogP contribution is -2.39. The molecule has 2 aliphatic heterocycles. The molecule has 1 unspecified atom stereocenters. The summed E-state index contributed by atoms with van der Waals surface area (Å²) in [5, 5.41) is 15.6. The second-order valence-electron chi connectivity index (χ2n) is 8.26. The first kappa shape index (κ1) is 22.2. The number of hydrogen-bond donors (Lipinski definition) is 1. The number of carbonyl (C=O) groups is 2. The van der Waals surface area contributed by atoms with E-state index in [4.69, 9.17) is 4.74 Å². The van der Waals surface area contributed by atoms with Crippen molar-refractivity contribution >= 4 is 17.4 Å². The summed E-state index contributed by atoms with van der Waals surface area (Å²) < 4.78 is 7.05. The molecule has 32 heavy (non-hydrogen) atoms. The van der Waals surface area contributed by atoms with Crippen LogP contribution in [0.4, 0.5) is 0 Å². The zero-order valence-corrected chi connectivity index (χ0v) is 18.7. The molecule has 0 bridgehead atoms. The smallest absolute Gasteiger partial charge is 0.295 e. The SMILES string of the molecule is Cc1nn(C)c(C)c1C(O)=C1C(=O)C(=O)N(CCCN2CCOCC2)C1c1cccnc1. The highest BCUT2D eigenvalue weighted by Gasteiger charge is 2.46. The summed E-state index contributed by atoms with van der Waals surface area (Å²) >= 11 is 0. The molecule has 1 N–H and O–H groups in total. The summed E-state index contributed by atoms with van der Waals surface area (Å²) in [5.74, 6) is -1.46. The van der Waals surface area contributed by atoms with Gasteiger partial charge in [0.05, 0.1) is 36.1 Å². The fraction of sp³-hybridized carbons (Fsp3) is 0.478. The van der Waals surface area contributed by atoms with Gasteiger partial charge in [-0.2, -0.15) is 5.10 Å². The van der Waals surface area contributed by atoms with Gasteiger partial charge in [0.15, 0.2) is 0 Å². The Hall–Kier alpha value is -3.04. The van der Waals surface area contributed by atoms with Crippen LogP contribution >= 0.6 is 0 Å². The van der Waals surface area contributed by atoms with E-state index < -0.39 is 17.7 Å². The molecule has 0 saturated carbocycles. The molecule has 2 fully saturated rings. The zero-order chi connectivity index (χ0) is 22.8. The van der Waals surface area contributed by atoms with Crippen LogP contribution in [0.15, 0.2) is 30.1 Å². The highest BCUT2D eigenvalue weighted by Crippen LogP contribution is 2.40. The van der Waals surface area contributed by atoms with Crippen LogP contribution in [0.5, 0.6) is 0 Å². The van der Waals surface area contributed by atoms with Crippen LogP contribution in [0.3, 0.4) is 0 Å². The van der Waals surface area contributed by atoms with E-state index in [1.165, 1.54) is 0 Å². The van der Waals surface area contributed by atoms with Crippen molar-refractivity contribution < 1.29 is 19.4 Å². The number of hydrogen-bond acceptors (Lipinski definition) is 7. The van der Waals surface area contributed by atoms with E-state index >= 15 is 0 Å². The van der Waals surface area contributed by atoms with Gasteiger partial charge in [-0.25, -0.2) is 0 Å². The number of nitrogens with zero attached hydrogens (tertiary/aromatic N) is 5. The Bertz CT molecular complexity index is 1040. The van der Waals surface area contributed by atoms with Crippen LogP contribution in [0.1, 0.15) is 35.0 Å². The lowest BCUT2D eigenvalue weighted by molar-refractivity contribution is -0.140. The first-order chi connectivity index (χ1) is 15.4. The number of aromatic nitrogens is 3. The number of ketones is 1. The number of Topliss-reactive ketones (excluding diaryl/α,β-unsaturated/α-hetero) is 1. The van der Waals surface area contributed by atoms with Gasteiger partial charge in [0.2, 0.25) is 0 Å². The van der Waals surface area contributed by atoms with Gasteiger partial charge >= 0.3 is 0 Å². The summed E-state index contributed by atoms with van der Waals surface area (Å²) in [7, 11) is 1.78. The molecule has 2 saturated heterocycles. The van der Waals surface area contributed by atoms with Crippen molar-refractivity contribution in [3.63, 3.8) is 0 Å². The van der Waals surface area contributed by atoms with E-state index in [0.717, 1.165) is 31.7 Å². The number of aryl methyl sites for hydroxylation is 2. The Kier molecular flexibility index (Phi) is 6.38. The van der Waals surface area contributed by atoms with Crippen molar-refractivity contribution in [2.45, 2.75) is 26.3 Å². The molecule has 0 radical (unpaired) electrons. The predicted octanol–water partition coefficient (Wildman–Crippen LogP) is 1.58. The van der Waals surface area contributed by atoms with Gasteiger partial charge in [0.1, 0.15) is 5.76 Å². The average molecular weight is 440 g/mol. The molecule has 9 nitrogen and oxygen atoms in total. The number of aliphatic hydroxyl groups excluding tert-OH is 1. The normalized spacial score (nSPS) is 21.5. The highest BCUT2D eigenvalue weighted by atomic mass is 16.5. The Morgan fingerprint density at radius 3 is 2.59 bits per heavy atom. The Morgan fingerprint density at radius 2 is 1.97 bits per heavy atom. The molecule has 1 atom stereocenters. The number of rotatable bonds is 6. The maximum Gasteiger partial charge on any atom is 0.295 e. The van der Waals surface area contributed by atoms with Gasteiger partial charge in [-0.15, -0.1) is 0 Å². The minimum Gasteiger partial charge on any atom is -0.507 e. The van der Waals surface area contributed by atoms with Crippen molar-refractivity contribution in [3.05, 3.63) is 52.6 Å². The molecule has 170 valence electrons. The number of pyridine rings is 1. The zero-order valence-electron chi connectivity index (χ0n) is 18.7. The number of morpholine rings is 1. The quantitative estimate of drug-likeness (QED) is 0.414. The monoisotopic (exact) mass is 439 g/mol. The molecule has 0 spiro atoms. The van der Waals surface area contributed by atoms with Crippen molar-refractivity contribution in [2.75, 3.05) is 39.4 Å². The van der Waals surface area contributed by atoms with Crippen LogP contribution < -0.4 is 0 Å². The maximum atomic E-state index is 13.1. The largest absolute Gasteiger partial charge is 0.507 e. The van der Waals surface area contributed by atoms with E-state index in [1.54, 1.807) is 42.0 Å². The molecule has 1 amide bonds. The molecule has 4 heterocycles. The van der Waals surface area contributed by atoms with Crippen molar-refractivity contribution in [1.29, 1.82) is 0 Å². The number of ether oxygens (including phenoxy) is 1. The summed E-state index contributed by atoms with van der Waals surface area (Å²) in [6.45, 7) is 7.98. The third-order valence-electron chi connectivity index (χ3n) is 6.26. The first-order valence-corrected chi connectivity index (χ1v) is 10.9. The van der Waals surface area contributed by atoms with Crippen LogP contribution in [-0.4, -0.2) is 80.8 Å². The van der Waals surface area contributed by atoms with Crippen molar-refractivity contribution in [1.82, 2.24) is 24.6 Å². The fourth-order valence-corrected chi connectivity index (χ4v) is 4.54. The average Bonchev–Trinajstić information content (AvgIpc) is 3.20. The predicted molar refractivity (Wildman–Crippen MR) is 118 cm³/mol. The van der Waals surface area contributed by atoms with E-state index in [1.807, 2.05) is 13.0 Å². The van der Waals surface area contributed by atoms with Crippen LogP contribution in [0.2, 0.25) is 0 Å². The third-order valence-corrected chi connectivity index (χ3v) is 6.26. The number of likely N-dealkylation sites (tertiary alicyclic amines) is 1.